The van der Waals surface area contributed by atoms with Crippen LogP contribution >= 0.6 is 0 Å². The lowest BCUT2D eigenvalue weighted by molar-refractivity contribution is 0.102. The number of unbranched alkanes of at least 4 members (excludes halogenated alkanes) is 2. The maximum atomic E-state index is 12.9. The van der Waals surface area contributed by atoms with Crippen molar-refractivity contribution >= 4 is 21.9 Å². The number of hydrogen-bond donors (Lipinski definition) is 1. The van der Waals surface area contributed by atoms with E-state index in [9.17, 15) is 13.2 Å². The fourth-order valence-corrected chi connectivity index (χ4v) is 3.98. The van der Waals surface area contributed by atoms with Crippen molar-refractivity contribution < 1.29 is 17.6 Å². The highest BCUT2D eigenvalue weighted by atomic mass is 32.2. The molecule has 0 fully saturated rings. The number of rotatable bonds is 10. The fourth-order valence-electron chi connectivity index (χ4n) is 2.46. The van der Waals surface area contributed by atoms with Gasteiger partial charge in [-0.2, -0.15) is 4.31 Å². The van der Waals surface area contributed by atoms with Gasteiger partial charge < -0.3 is 4.42 Å². The summed E-state index contributed by atoms with van der Waals surface area (Å²) in [5, 5.41) is 9.81. The highest BCUT2D eigenvalue weighted by molar-refractivity contribution is 7.89. The van der Waals surface area contributed by atoms with Crippen LogP contribution < -0.4 is 5.32 Å². The summed E-state index contributed by atoms with van der Waals surface area (Å²) in [4.78, 5) is 12.4. The maximum Gasteiger partial charge on any atom is 0.322 e. The third kappa shape index (κ3) is 5.61. The van der Waals surface area contributed by atoms with Crippen LogP contribution in [0.1, 0.15) is 55.8 Å². The van der Waals surface area contributed by atoms with Crippen LogP contribution in [0.2, 0.25) is 0 Å². The largest absolute Gasteiger partial charge is 0.408 e. The number of amides is 1. The van der Waals surface area contributed by atoms with Crippen molar-refractivity contribution in [3.8, 4) is 0 Å². The average molecular weight is 394 g/mol. The molecule has 0 spiro atoms. The zero-order chi connectivity index (χ0) is 19.9. The molecule has 148 valence electrons. The van der Waals surface area contributed by atoms with Gasteiger partial charge in [0.15, 0.2) is 0 Å². The number of hydrogen-bond acceptors (Lipinski definition) is 6. The van der Waals surface area contributed by atoms with Crippen LogP contribution in [0.15, 0.2) is 33.6 Å². The molecule has 0 unspecified atom stereocenters. The van der Waals surface area contributed by atoms with E-state index in [1.165, 1.54) is 28.6 Å². The third-order valence-electron chi connectivity index (χ3n) is 4.02. The molecule has 1 amide bonds. The molecule has 9 heteroatoms. The van der Waals surface area contributed by atoms with Crippen LogP contribution in [-0.2, 0) is 10.0 Å². The zero-order valence-electron chi connectivity index (χ0n) is 15.9. The van der Waals surface area contributed by atoms with Gasteiger partial charge in [0, 0.05) is 25.6 Å². The number of nitrogens with zero attached hydrogens (tertiary/aromatic N) is 3. The minimum atomic E-state index is -3.58. The normalized spacial score (nSPS) is 11.7. The number of aryl methyl sites for hydroxylation is 1. The highest BCUT2D eigenvalue weighted by Gasteiger charge is 2.23. The van der Waals surface area contributed by atoms with E-state index in [1.54, 1.807) is 6.92 Å². The fraction of sp³-hybridized carbons (Fsp3) is 0.500. The van der Waals surface area contributed by atoms with Gasteiger partial charge in [-0.05, 0) is 37.1 Å². The molecule has 0 aliphatic rings. The first-order chi connectivity index (χ1) is 12.9. The van der Waals surface area contributed by atoms with Crippen LogP contribution in [0, 0.1) is 6.92 Å². The van der Waals surface area contributed by atoms with Crippen molar-refractivity contribution in [3.63, 3.8) is 0 Å². The first kappa shape index (κ1) is 21.0. The van der Waals surface area contributed by atoms with E-state index < -0.39 is 15.9 Å². The highest BCUT2D eigenvalue weighted by Crippen LogP contribution is 2.18. The van der Waals surface area contributed by atoms with Gasteiger partial charge in [0.1, 0.15) is 0 Å². The van der Waals surface area contributed by atoms with Crippen LogP contribution in [0.4, 0.5) is 6.01 Å². The minimum Gasteiger partial charge on any atom is -0.408 e. The van der Waals surface area contributed by atoms with Crippen molar-refractivity contribution in [1.82, 2.24) is 14.5 Å². The molecule has 0 saturated heterocycles. The Morgan fingerprint density at radius 3 is 2.15 bits per heavy atom. The Balaban J connectivity index is 2.14. The van der Waals surface area contributed by atoms with Crippen LogP contribution in [0.25, 0.3) is 0 Å². The second-order valence-electron chi connectivity index (χ2n) is 6.22. The Morgan fingerprint density at radius 1 is 1.07 bits per heavy atom. The lowest BCUT2D eigenvalue weighted by Gasteiger charge is -2.22. The zero-order valence-corrected chi connectivity index (χ0v) is 16.8. The van der Waals surface area contributed by atoms with Gasteiger partial charge in [-0.15, -0.1) is 5.10 Å². The summed E-state index contributed by atoms with van der Waals surface area (Å²) in [6.45, 7) is 6.67. The summed E-state index contributed by atoms with van der Waals surface area (Å²) in [7, 11) is -3.58. The molecule has 0 bridgehead atoms. The molecule has 2 aromatic rings. The SMILES string of the molecule is CCCCN(CCCC)S(=O)(=O)c1ccc(C(=O)Nc2nnc(C)o2)cc1. The van der Waals surface area contributed by atoms with Gasteiger partial charge in [-0.1, -0.05) is 31.8 Å². The Hall–Kier alpha value is -2.26. The molecule has 0 aliphatic heterocycles. The Bertz CT molecular complexity index is 839. The molecule has 0 aliphatic carbocycles. The molecule has 0 saturated carbocycles. The number of carbonyl (C=O) groups is 1. The molecule has 8 nitrogen and oxygen atoms in total. The monoisotopic (exact) mass is 394 g/mol. The molecule has 1 N–H and O–H groups in total. The van der Waals surface area contributed by atoms with Crippen molar-refractivity contribution in [2.45, 2.75) is 51.3 Å². The van der Waals surface area contributed by atoms with E-state index in [-0.39, 0.29) is 10.9 Å². The summed E-state index contributed by atoms with van der Waals surface area (Å²) >= 11 is 0. The molecular weight excluding hydrogens is 368 g/mol. The summed E-state index contributed by atoms with van der Waals surface area (Å²) in [5.41, 5.74) is 0.304. The van der Waals surface area contributed by atoms with Crippen molar-refractivity contribution in [2.24, 2.45) is 0 Å². The Labute approximate surface area is 160 Å². The van der Waals surface area contributed by atoms with Crippen molar-refractivity contribution in [2.75, 3.05) is 18.4 Å². The maximum absolute atomic E-state index is 12.9. The molecule has 1 heterocycles. The lowest BCUT2D eigenvalue weighted by Crippen LogP contribution is -2.33. The summed E-state index contributed by atoms with van der Waals surface area (Å²) in [5.74, 6) is -0.109. The van der Waals surface area contributed by atoms with Crippen LogP contribution in [-0.4, -0.2) is 41.9 Å². The van der Waals surface area contributed by atoms with E-state index in [2.05, 4.69) is 15.5 Å². The number of sulfonamides is 1. The Kier molecular flexibility index (Phi) is 7.49. The van der Waals surface area contributed by atoms with Gasteiger partial charge in [-0.3, -0.25) is 10.1 Å². The lowest BCUT2D eigenvalue weighted by atomic mass is 10.2. The Morgan fingerprint density at radius 2 is 1.67 bits per heavy atom. The summed E-state index contributed by atoms with van der Waals surface area (Å²) in [6, 6.07) is 5.86. The second-order valence-corrected chi connectivity index (χ2v) is 8.15. The molecule has 0 atom stereocenters. The second kappa shape index (κ2) is 9.61. The van der Waals surface area contributed by atoms with E-state index in [1.807, 2.05) is 13.8 Å². The van der Waals surface area contributed by atoms with Gasteiger partial charge in [0.25, 0.3) is 5.91 Å². The van der Waals surface area contributed by atoms with Crippen molar-refractivity contribution in [3.05, 3.63) is 35.7 Å². The van der Waals surface area contributed by atoms with Crippen LogP contribution in [0.5, 0.6) is 0 Å². The van der Waals surface area contributed by atoms with Gasteiger partial charge >= 0.3 is 6.01 Å². The molecule has 27 heavy (non-hydrogen) atoms. The van der Waals surface area contributed by atoms with E-state index in [4.69, 9.17) is 4.42 Å². The predicted octanol–water partition coefficient (Wildman–Crippen LogP) is 3.22. The molecule has 2 rings (SSSR count). The van der Waals surface area contributed by atoms with E-state index >= 15 is 0 Å². The standard InChI is InChI=1S/C18H26N4O4S/c1-4-6-12-22(13-7-5-2)27(24,25)16-10-8-15(9-11-16)17(23)19-18-21-20-14(3)26-18/h8-11H,4-7,12-13H2,1-3H3,(H,19,21,23). The van der Waals surface area contributed by atoms with E-state index in [0.29, 0.717) is 24.5 Å². The number of aromatic nitrogens is 2. The average Bonchev–Trinajstić information content (AvgIpc) is 3.06. The third-order valence-corrected chi connectivity index (χ3v) is 5.94. The predicted molar refractivity (Wildman–Crippen MR) is 102 cm³/mol. The summed E-state index contributed by atoms with van der Waals surface area (Å²) < 4.78 is 32.4. The smallest absolute Gasteiger partial charge is 0.322 e. The minimum absolute atomic E-state index is 0.000459. The molecule has 1 aromatic heterocycles. The van der Waals surface area contributed by atoms with Crippen LogP contribution in [0.3, 0.4) is 0 Å². The first-order valence-corrected chi connectivity index (χ1v) is 10.5. The van der Waals surface area contributed by atoms with Gasteiger partial charge in [-0.25, -0.2) is 8.42 Å². The molecule has 0 radical (unpaired) electrons. The topological polar surface area (TPSA) is 105 Å². The number of carbonyl (C=O) groups excluding carboxylic acids is 1. The number of anilines is 1. The number of nitrogens with one attached hydrogen (secondary N) is 1. The van der Waals surface area contributed by atoms with Gasteiger partial charge in [0.05, 0.1) is 4.90 Å². The summed E-state index contributed by atoms with van der Waals surface area (Å²) in [6.07, 6.45) is 3.47. The quantitative estimate of drug-likeness (QED) is 0.663. The van der Waals surface area contributed by atoms with Crippen molar-refractivity contribution in [1.29, 1.82) is 0 Å². The van der Waals surface area contributed by atoms with E-state index in [0.717, 1.165) is 25.7 Å². The molecular formula is C18H26N4O4S. The first-order valence-electron chi connectivity index (χ1n) is 9.10. The molecule has 1 aromatic carbocycles. The number of benzene rings is 1. The van der Waals surface area contributed by atoms with Gasteiger partial charge in [0.2, 0.25) is 15.9 Å².